The maximum Gasteiger partial charge on any atom is 0.410 e. The Morgan fingerprint density at radius 2 is 2.03 bits per heavy atom. The zero-order chi connectivity index (χ0) is 25.9. The first-order valence-corrected chi connectivity index (χ1v) is 14.3. The summed E-state index contributed by atoms with van der Waals surface area (Å²) in [5.74, 6) is -0.0638. The summed E-state index contributed by atoms with van der Waals surface area (Å²) < 4.78 is 12.6. The van der Waals surface area contributed by atoms with Crippen LogP contribution in [0.4, 0.5) is 9.80 Å². The van der Waals surface area contributed by atoms with Crippen molar-refractivity contribution >= 4 is 65.8 Å². The van der Waals surface area contributed by atoms with Gasteiger partial charge in [-0.2, -0.15) is 0 Å². The van der Waals surface area contributed by atoms with E-state index in [1.54, 1.807) is 23.3 Å². The van der Waals surface area contributed by atoms with Crippen molar-refractivity contribution in [2.24, 2.45) is 0 Å². The molecule has 0 saturated heterocycles. The zero-order valence-electron chi connectivity index (χ0n) is 20.9. The molecule has 0 bridgehead atoms. The quantitative estimate of drug-likeness (QED) is 0.328. The first kappa shape index (κ1) is 27.0. The van der Waals surface area contributed by atoms with E-state index in [0.717, 1.165) is 40.7 Å². The summed E-state index contributed by atoms with van der Waals surface area (Å²) in [7, 11) is 1.65. The van der Waals surface area contributed by atoms with Crippen molar-refractivity contribution in [2.45, 2.75) is 45.8 Å². The van der Waals surface area contributed by atoms with Crippen LogP contribution in [0.5, 0.6) is 0 Å². The third-order valence-electron chi connectivity index (χ3n) is 5.56. The van der Waals surface area contributed by atoms with Gasteiger partial charge in [-0.3, -0.25) is 4.79 Å². The van der Waals surface area contributed by atoms with Crippen molar-refractivity contribution in [2.75, 3.05) is 38.7 Å². The van der Waals surface area contributed by atoms with Crippen molar-refractivity contribution in [3.8, 4) is 10.6 Å². The maximum atomic E-state index is 12.8. The predicted molar refractivity (Wildman–Crippen MR) is 149 cm³/mol. The number of nitrogens with one attached hydrogen (secondary N) is 2. The normalized spacial score (nSPS) is 13.6. The number of ether oxygens (including phenoxy) is 2. The lowest BCUT2D eigenvalue weighted by atomic mass is 10.0. The fraction of sp³-hybridized carbons (Fsp3) is 0.480. The largest absolute Gasteiger partial charge is 0.444 e. The van der Waals surface area contributed by atoms with E-state index < -0.39 is 5.60 Å². The molecular weight excluding hydrogens is 564 g/mol. The van der Waals surface area contributed by atoms with E-state index in [1.165, 1.54) is 11.3 Å². The Balaban J connectivity index is 1.62. The summed E-state index contributed by atoms with van der Waals surface area (Å²) in [6.45, 7) is 8.47. The van der Waals surface area contributed by atoms with Gasteiger partial charge in [0, 0.05) is 48.1 Å². The molecule has 0 radical (unpaired) electrons. The molecule has 0 spiro atoms. The van der Waals surface area contributed by atoms with Crippen LogP contribution < -0.4 is 10.6 Å². The molecule has 11 heteroatoms. The van der Waals surface area contributed by atoms with Gasteiger partial charge in [0.2, 0.25) is 5.91 Å². The van der Waals surface area contributed by atoms with Gasteiger partial charge in [-0.25, -0.2) is 9.78 Å². The molecule has 4 rings (SSSR count). The number of halogens is 1. The number of methoxy groups -OCH3 is 1. The van der Waals surface area contributed by atoms with E-state index in [-0.39, 0.29) is 12.0 Å². The first-order valence-electron chi connectivity index (χ1n) is 11.8. The Labute approximate surface area is 227 Å². The number of para-hydroxylation sites is 1. The lowest BCUT2D eigenvalue weighted by Crippen LogP contribution is -2.39. The van der Waals surface area contributed by atoms with E-state index in [0.29, 0.717) is 45.6 Å². The molecule has 1 aliphatic rings. The molecule has 2 N–H and O–H groups in total. The molecular formula is C25H31BrN4O4S2. The zero-order valence-corrected chi connectivity index (χ0v) is 24.1. The van der Waals surface area contributed by atoms with E-state index in [2.05, 4.69) is 26.6 Å². The lowest BCUT2D eigenvalue weighted by molar-refractivity contribution is -0.116. The minimum absolute atomic E-state index is 0.0638. The minimum Gasteiger partial charge on any atom is -0.444 e. The van der Waals surface area contributed by atoms with E-state index in [4.69, 9.17) is 14.5 Å². The van der Waals surface area contributed by atoms with Gasteiger partial charge in [0.25, 0.3) is 0 Å². The average molecular weight is 596 g/mol. The van der Waals surface area contributed by atoms with E-state index >= 15 is 0 Å². The van der Waals surface area contributed by atoms with Gasteiger partial charge in [0.15, 0.2) is 0 Å². The fourth-order valence-electron chi connectivity index (χ4n) is 3.91. The van der Waals surface area contributed by atoms with Crippen molar-refractivity contribution in [3.05, 3.63) is 33.1 Å². The maximum absolute atomic E-state index is 12.8. The number of carbonyl (C=O) groups is 2. The van der Waals surface area contributed by atoms with Gasteiger partial charge < -0.3 is 25.0 Å². The van der Waals surface area contributed by atoms with E-state index in [9.17, 15) is 9.59 Å². The standard InChI is InChI=1S/C25H31BrN4O4S2/c1-25(2,3)34-24(32)30-12-9-15-18(14-30)36-22(28-19(31)8-10-27-11-13-33-4)20(15)23-29-21-16(26)6-5-7-17(21)35-23/h5-7,27H,8-14H2,1-4H3,(H,28,31). The number of hydrogen-bond acceptors (Lipinski definition) is 8. The minimum atomic E-state index is -0.553. The number of benzene rings is 1. The summed E-state index contributed by atoms with van der Waals surface area (Å²) in [5.41, 5.74) is 2.46. The van der Waals surface area contributed by atoms with Crippen LogP contribution in [0.2, 0.25) is 0 Å². The van der Waals surface area contributed by atoms with Crippen LogP contribution >= 0.6 is 38.6 Å². The Morgan fingerprint density at radius 1 is 1.22 bits per heavy atom. The van der Waals surface area contributed by atoms with Crippen molar-refractivity contribution in [1.29, 1.82) is 0 Å². The highest BCUT2D eigenvalue weighted by molar-refractivity contribution is 9.10. The van der Waals surface area contributed by atoms with Crippen molar-refractivity contribution in [3.63, 3.8) is 0 Å². The number of fused-ring (bicyclic) bond motifs is 2. The number of hydrogen-bond donors (Lipinski definition) is 2. The highest BCUT2D eigenvalue weighted by atomic mass is 79.9. The van der Waals surface area contributed by atoms with Gasteiger partial charge in [-0.1, -0.05) is 6.07 Å². The highest BCUT2D eigenvalue weighted by Crippen LogP contribution is 2.46. The monoisotopic (exact) mass is 594 g/mol. The molecule has 2 aromatic heterocycles. The summed E-state index contributed by atoms with van der Waals surface area (Å²) in [4.78, 5) is 33.2. The number of anilines is 1. The molecule has 0 aliphatic carbocycles. The second-order valence-electron chi connectivity index (χ2n) is 9.51. The molecule has 8 nitrogen and oxygen atoms in total. The number of thiazole rings is 1. The summed E-state index contributed by atoms with van der Waals surface area (Å²) in [6, 6.07) is 6.02. The Kier molecular flexibility index (Phi) is 8.67. The van der Waals surface area contributed by atoms with Crippen LogP contribution in [0.15, 0.2) is 22.7 Å². The molecule has 0 unspecified atom stereocenters. The van der Waals surface area contributed by atoms with Gasteiger partial charge in [0.05, 0.1) is 23.4 Å². The molecule has 1 aliphatic heterocycles. The second kappa shape index (κ2) is 11.6. The Morgan fingerprint density at radius 3 is 2.75 bits per heavy atom. The van der Waals surface area contributed by atoms with Crippen LogP contribution in [0.25, 0.3) is 20.8 Å². The molecule has 194 valence electrons. The van der Waals surface area contributed by atoms with Crippen LogP contribution in [0.1, 0.15) is 37.6 Å². The molecule has 3 heterocycles. The molecule has 0 atom stereocenters. The fourth-order valence-corrected chi connectivity index (χ4v) is 6.92. The SMILES string of the molecule is COCCNCCC(=O)Nc1sc2c(c1-c1nc3c(Br)cccc3s1)CCN(C(=O)OC(C)(C)C)C2. The van der Waals surface area contributed by atoms with Gasteiger partial charge in [-0.15, -0.1) is 22.7 Å². The summed E-state index contributed by atoms with van der Waals surface area (Å²) in [5, 5.41) is 7.98. The van der Waals surface area contributed by atoms with Gasteiger partial charge in [0.1, 0.15) is 15.6 Å². The van der Waals surface area contributed by atoms with Gasteiger partial charge in [-0.05, 0) is 60.8 Å². The number of amides is 2. The molecule has 3 aromatic rings. The summed E-state index contributed by atoms with van der Waals surface area (Å²) in [6.07, 6.45) is 0.701. The van der Waals surface area contributed by atoms with Crippen molar-refractivity contribution in [1.82, 2.24) is 15.2 Å². The lowest BCUT2D eigenvalue weighted by Gasteiger charge is -2.30. The molecule has 0 saturated carbocycles. The topological polar surface area (TPSA) is 92.8 Å². The van der Waals surface area contributed by atoms with Crippen LogP contribution in [-0.4, -0.2) is 60.8 Å². The smallest absolute Gasteiger partial charge is 0.410 e. The number of aromatic nitrogens is 1. The molecule has 0 fully saturated rings. The Bertz CT molecular complexity index is 1250. The number of nitrogens with zero attached hydrogens (tertiary/aromatic N) is 2. The van der Waals surface area contributed by atoms with Gasteiger partial charge >= 0.3 is 6.09 Å². The molecule has 1 aromatic carbocycles. The third kappa shape index (κ3) is 6.44. The van der Waals surface area contributed by atoms with E-state index in [1.807, 2.05) is 39.0 Å². The third-order valence-corrected chi connectivity index (χ3v) is 8.37. The highest BCUT2D eigenvalue weighted by Gasteiger charge is 2.31. The summed E-state index contributed by atoms with van der Waals surface area (Å²) >= 11 is 6.73. The number of carbonyl (C=O) groups excluding carboxylic acids is 2. The average Bonchev–Trinajstić information content (AvgIpc) is 3.38. The van der Waals surface area contributed by atoms with Crippen molar-refractivity contribution < 1.29 is 19.1 Å². The van der Waals surface area contributed by atoms with Crippen LogP contribution in [-0.2, 0) is 27.2 Å². The van der Waals surface area contributed by atoms with Crippen LogP contribution in [0, 0.1) is 0 Å². The predicted octanol–water partition coefficient (Wildman–Crippen LogP) is 5.65. The number of rotatable bonds is 8. The molecule has 2 amide bonds. The Hall–Kier alpha value is -2.05. The first-order chi connectivity index (χ1) is 17.2. The number of thiophene rings is 1. The molecule has 36 heavy (non-hydrogen) atoms. The van der Waals surface area contributed by atoms with Crippen LogP contribution in [0.3, 0.4) is 0 Å². The second-order valence-corrected chi connectivity index (χ2v) is 12.5.